The molecule has 3 amide bonds. The molecule has 7 nitrogen and oxygen atoms in total. The van der Waals surface area contributed by atoms with Gasteiger partial charge in [-0.3, -0.25) is 14.4 Å². The SMILES string of the molecule is CCCCCCCC(=O)NC(CCCCCC)C(=O)NCCCCCC(=O)NCCN. The lowest BCUT2D eigenvalue weighted by Gasteiger charge is -2.18. The maximum absolute atomic E-state index is 12.6. The molecule has 0 spiro atoms. The van der Waals surface area contributed by atoms with Gasteiger partial charge in [0.05, 0.1) is 0 Å². The van der Waals surface area contributed by atoms with Crippen molar-refractivity contribution < 1.29 is 14.4 Å². The summed E-state index contributed by atoms with van der Waals surface area (Å²) in [5.41, 5.74) is 5.36. The van der Waals surface area contributed by atoms with Crippen LogP contribution in [0.2, 0.25) is 0 Å². The van der Waals surface area contributed by atoms with Crippen LogP contribution in [0.3, 0.4) is 0 Å². The Kier molecular flexibility index (Phi) is 20.5. The van der Waals surface area contributed by atoms with Crippen LogP contribution >= 0.6 is 0 Å². The molecule has 0 aromatic rings. The fourth-order valence-corrected chi connectivity index (χ4v) is 3.42. The van der Waals surface area contributed by atoms with Crippen LogP contribution < -0.4 is 21.7 Å². The van der Waals surface area contributed by atoms with Crippen LogP contribution in [0, 0.1) is 0 Å². The predicted octanol–water partition coefficient (Wildman–Crippen LogP) is 3.55. The first-order valence-corrected chi connectivity index (χ1v) is 12.6. The number of rotatable bonds is 21. The Morgan fingerprint density at radius 1 is 0.677 bits per heavy atom. The van der Waals surface area contributed by atoms with Gasteiger partial charge in [-0.2, -0.15) is 0 Å². The molecule has 0 aromatic heterocycles. The molecule has 0 heterocycles. The third kappa shape index (κ3) is 18.8. The Morgan fingerprint density at radius 3 is 1.90 bits per heavy atom. The lowest BCUT2D eigenvalue weighted by molar-refractivity contribution is -0.129. The van der Waals surface area contributed by atoms with Gasteiger partial charge < -0.3 is 21.7 Å². The van der Waals surface area contributed by atoms with Crippen LogP contribution in [0.15, 0.2) is 0 Å². The summed E-state index contributed by atoms with van der Waals surface area (Å²) in [5.74, 6) is -0.0776. The van der Waals surface area contributed by atoms with Gasteiger partial charge in [0.25, 0.3) is 0 Å². The minimum absolute atomic E-state index is 0.0179. The van der Waals surface area contributed by atoms with E-state index in [1.807, 2.05) is 0 Å². The first kappa shape index (κ1) is 29.4. The second-order valence-electron chi connectivity index (χ2n) is 8.37. The molecule has 1 atom stereocenters. The molecule has 31 heavy (non-hydrogen) atoms. The fraction of sp³-hybridized carbons (Fsp3) is 0.875. The van der Waals surface area contributed by atoms with Crippen LogP contribution in [0.5, 0.6) is 0 Å². The highest BCUT2D eigenvalue weighted by Crippen LogP contribution is 2.08. The van der Waals surface area contributed by atoms with Crippen LogP contribution in [0.25, 0.3) is 0 Å². The molecule has 1 unspecified atom stereocenters. The molecule has 0 fully saturated rings. The van der Waals surface area contributed by atoms with Crippen molar-refractivity contribution in [2.45, 2.75) is 116 Å². The lowest BCUT2D eigenvalue weighted by atomic mass is 10.1. The molecule has 0 radical (unpaired) electrons. The van der Waals surface area contributed by atoms with Crippen molar-refractivity contribution in [3.63, 3.8) is 0 Å². The van der Waals surface area contributed by atoms with Gasteiger partial charge in [0.1, 0.15) is 6.04 Å². The Hall–Kier alpha value is -1.63. The molecule has 0 aliphatic carbocycles. The van der Waals surface area contributed by atoms with Gasteiger partial charge in [0, 0.05) is 32.5 Å². The van der Waals surface area contributed by atoms with E-state index in [1.54, 1.807) is 0 Å². The minimum atomic E-state index is -0.443. The van der Waals surface area contributed by atoms with Crippen LogP contribution in [-0.2, 0) is 14.4 Å². The van der Waals surface area contributed by atoms with Gasteiger partial charge in [-0.1, -0.05) is 71.6 Å². The van der Waals surface area contributed by atoms with Gasteiger partial charge in [0.15, 0.2) is 0 Å². The first-order valence-electron chi connectivity index (χ1n) is 12.6. The van der Waals surface area contributed by atoms with E-state index >= 15 is 0 Å². The van der Waals surface area contributed by atoms with E-state index in [1.165, 1.54) is 19.3 Å². The van der Waals surface area contributed by atoms with E-state index in [0.717, 1.165) is 57.8 Å². The van der Waals surface area contributed by atoms with Crippen molar-refractivity contribution in [3.8, 4) is 0 Å². The summed E-state index contributed by atoms with van der Waals surface area (Å²) in [6.45, 7) is 5.87. The van der Waals surface area contributed by atoms with Gasteiger partial charge in [-0.05, 0) is 25.7 Å². The number of carbonyl (C=O) groups is 3. The van der Waals surface area contributed by atoms with Crippen LogP contribution in [0.4, 0.5) is 0 Å². The summed E-state index contributed by atoms with van der Waals surface area (Å²) >= 11 is 0. The molecule has 0 rings (SSSR count). The fourth-order valence-electron chi connectivity index (χ4n) is 3.42. The zero-order valence-electron chi connectivity index (χ0n) is 20.1. The van der Waals surface area contributed by atoms with Gasteiger partial charge in [-0.15, -0.1) is 0 Å². The average Bonchev–Trinajstić information content (AvgIpc) is 2.76. The van der Waals surface area contributed by atoms with E-state index < -0.39 is 6.04 Å². The summed E-state index contributed by atoms with van der Waals surface area (Å²) in [4.78, 5) is 36.4. The second kappa shape index (κ2) is 21.6. The summed E-state index contributed by atoms with van der Waals surface area (Å²) in [7, 11) is 0. The molecular weight excluding hydrogens is 392 g/mol. The van der Waals surface area contributed by atoms with Crippen molar-refractivity contribution in [3.05, 3.63) is 0 Å². The number of nitrogens with two attached hydrogens (primary N) is 1. The molecule has 0 aliphatic heterocycles. The standard InChI is InChI=1S/C24H48N4O3/c1-3-5-7-9-12-17-23(30)28-21(15-11-8-6-4-2)24(31)27-19-14-10-13-16-22(29)26-20-18-25/h21H,3-20,25H2,1-2H3,(H,26,29)(H,27,31)(H,28,30). The highest BCUT2D eigenvalue weighted by Gasteiger charge is 2.19. The molecule has 0 aliphatic rings. The molecular formula is C24H48N4O3. The molecule has 0 saturated carbocycles. The minimum Gasteiger partial charge on any atom is -0.355 e. The number of hydrogen-bond donors (Lipinski definition) is 4. The smallest absolute Gasteiger partial charge is 0.242 e. The number of nitrogens with one attached hydrogen (secondary N) is 3. The molecule has 0 saturated heterocycles. The zero-order valence-corrected chi connectivity index (χ0v) is 20.1. The number of amides is 3. The van der Waals surface area contributed by atoms with E-state index in [-0.39, 0.29) is 17.7 Å². The topological polar surface area (TPSA) is 113 Å². The van der Waals surface area contributed by atoms with E-state index in [9.17, 15) is 14.4 Å². The van der Waals surface area contributed by atoms with Crippen LogP contribution in [-0.4, -0.2) is 43.4 Å². The molecule has 5 N–H and O–H groups in total. The third-order valence-electron chi connectivity index (χ3n) is 5.35. The Bertz CT molecular complexity index is 472. The third-order valence-corrected chi connectivity index (χ3v) is 5.35. The normalized spacial score (nSPS) is 11.7. The maximum atomic E-state index is 12.6. The van der Waals surface area contributed by atoms with E-state index in [4.69, 9.17) is 5.73 Å². The number of carbonyl (C=O) groups excluding carboxylic acids is 3. The number of unbranched alkanes of at least 4 members (excludes halogenated alkanes) is 9. The highest BCUT2D eigenvalue weighted by molar-refractivity contribution is 5.87. The lowest BCUT2D eigenvalue weighted by Crippen LogP contribution is -2.46. The van der Waals surface area contributed by atoms with Crippen molar-refractivity contribution in [2.24, 2.45) is 5.73 Å². The van der Waals surface area contributed by atoms with Gasteiger partial charge >= 0.3 is 0 Å². The molecule has 182 valence electrons. The quantitative estimate of drug-likeness (QED) is 0.204. The Labute approximate surface area is 190 Å². The Balaban J connectivity index is 4.19. The number of hydrogen-bond acceptors (Lipinski definition) is 4. The predicted molar refractivity (Wildman–Crippen MR) is 128 cm³/mol. The summed E-state index contributed by atoms with van der Waals surface area (Å²) in [6.07, 6.45) is 14.0. The summed E-state index contributed by atoms with van der Waals surface area (Å²) < 4.78 is 0. The van der Waals surface area contributed by atoms with E-state index in [2.05, 4.69) is 29.8 Å². The van der Waals surface area contributed by atoms with Crippen LogP contribution in [0.1, 0.15) is 110 Å². The largest absolute Gasteiger partial charge is 0.355 e. The van der Waals surface area contributed by atoms with Gasteiger partial charge in [0.2, 0.25) is 17.7 Å². The zero-order chi connectivity index (χ0) is 23.2. The first-order chi connectivity index (χ1) is 15.0. The van der Waals surface area contributed by atoms with Crippen molar-refractivity contribution in [1.82, 2.24) is 16.0 Å². The van der Waals surface area contributed by atoms with Crippen molar-refractivity contribution in [2.75, 3.05) is 19.6 Å². The summed E-state index contributed by atoms with van der Waals surface area (Å²) in [6, 6.07) is -0.443. The maximum Gasteiger partial charge on any atom is 0.242 e. The molecule has 0 bridgehead atoms. The highest BCUT2D eigenvalue weighted by atomic mass is 16.2. The van der Waals surface area contributed by atoms with Crippen molar-refractivity contribution in [1.29, 1.82) is 0 Å². The molecule has 0 aromatic carbocycles. The monoisotopic (exact) mass is 440 g/mol. The van der Waals surface area contributed by atoms with Gasteiger partial charge in [-0.25, -0.2) is 0 Å². The Morgan fingerprint density at radius 2 is 1.26 bits per heavy atom. The van der Waals surface area contributed by atoms with E-state index in [0.29, 0.717) is 38.9 Å². The average molecular weight is 441 g/mol. The summed E-state index contributed by atoms with van der Waals surface area (Å²) in [5, 5.41) is 8.68. The molecule has 7 heteroatoms. The van der Waals surface area contributed by atoms with Crippen molar-refractivity contribution >= 4 is 17.7 Å². The second-order valence-corrected chi connectivity index (χ2v) is 8.37.